The van der Waals surface area contributed by atoms with Crippen molar-refractivity contribution in [3.63, 3.8) is 0 Å². The first kappa shape index (κ1) is 14.5. The van der Waals surface area contributed by atoms with Gasteiger partial charge in [0.1, 0.15) is 12.4 Å². The van der Waals surface area contributed by atoms with Gasteiger partial charge >= 0.3 is 0 Å². The molecular weight excluding hydrogens is 226 g/mol. The molecule has 1 aromatic heterocycles. The van der Waals surface area contributed by atoms with E-state index in [0.717, 1.165) is 31.4 Å². The van der Waals surface area contributed by atoms with Gasteiger partial charge in [-0.1, -0.05) is 13.8 Å². The maximum atomic E-state index is 4.52. The zero-order valence-corrected chi connectivity index (χ0v) is 11.9. The molecule has 0 atom stereocenters. The van der Waals surface area contributed by atoms with E-state index in [9.17, 15) is 0 Å². The number of aromatic nitrogens is 2. The molecule has 1 aromatic rings. The van der Waals surface area contributed by atoms with Gasteiger partial charge in [0.2, 0.25) is 0 Å². The summed E-state index contributed by atoms with van der Waals surface area (Å²) in [6.45, 7) is 11.9. The molecule has 0 unspecified atom stereocenters. The number of nitrogens with zero attached hydrogens (tertiary/aromatic N) is 3. The minimum atomic E-state index is 0.606. The fourth-order valence-electron chi connectivity index (χ4n) is 1.71. The van der Waals surface area contributed by atoms with E-state index in [-0.39, 0.29) is 0 Å². The third kappa shape index (κ3) is 4.77. The van der Waals surface area contributed by atoms with Crippen molar-refractivity contribution in [2.24, 2.45) is 10.9 Å². The molecule has 5 nitrogen and oxygen atoms in total. The molecule has 0 aromatic carbocycles. The highest BCUT2D eigenvalue weighted by atomic mass is 15.2. The van der Waals surface area contributed by atoms with E-state index in [1.54, 1.807) is 0 Å². The smallest absolute Gasteiger partial charge is 0.191 e. The Bertz CT molecular complexity index is 359. The second-order valence-corrected chi connectivity index (χ2v) is 4.62. The summed E-state index contributed by atoms with van der Waals surface area (Å²) < 4.78 is 2.17. The molecule has 0 amide bonds. The monoisotopic (exact) mass is 251 g/mol. The number of nitrogens with one attached hydrogen (secondary N) is 2. The van der Waals surface area contributed by atoms with Crippen LogP contribution in [0.5, 0.6) is 0 Å². The largest absolute Gasteiger partial charge is 0.357 e. The van der Waals surface area contributed by atoms with Crippen molar-refractivity contribution in [2.45, 2.75) is 40.8 Å². The Morgan fingerprint density at radius 2 is 2.00 bits per heavy atom. The summed E-state index contributed by atoms with van der Waals surface area (Å²) in [7, 11) is 0. The van der Waals surface area contributed by atoms with Crippen molar-refractivity contribution in [3.8, 4) is 0 Å². The van der Waals surface area contributed by atoms with Crippen molar-refractivity contribution < 1.29 is 0 Å². The molecule has 0 bridgehead atoms. The van der Waals surface area contributed by atoms with E-state index in [2.05, 4.69) is 52.9 Å². The van der Waals surface area contributed by atoms with Crippen LogP contribution in [0.3, 0.4) is 0 Å². The summed E-state index contributed by atoms with van der Waals surface area (Å²) in [4.78, 5) is 8.89. The number of hydrogen-bond donors (Lipinski definition) is 2. The lowest BCUT2D eigenvalue weighted by molar-refractivity contribution is 0.507. The summed E-state index contributed by atoms with van der Waals surface area (Å²) in [5.74, 6) is 2.47. The SMILES string of the molecule is CCNC(=NCc1nccn1CC(C)C)NCC. The van der Waals surface area contributed by atoms with Crippen LogP contribution < -0.4 is 10.6 Å². The fourth-order valence-corrected chi connectivity index (χ4v) is 1.71. The van der Waals surface area contributed by atoms with Gasteiger partial charge in [-0.3, -0.25) is 0 Å². The molecule has 18 heavy (non-hydrogen) atoms. The molecular formula is C13H25N5. The van der Waals surface area contributed by atoms with E-state index in [0.29, 0.717) is 12.5 Å². The third-order valence-electron chi connectivity index (χ3n) is 2.43. The van der Waals surface area contributed by atoms with Gasteiger partial charge in [0.05, 0.1) is 0 Å². The Hall–Kier alpha value is -1.52. The molecule has 0 radical (unpaired) electrons. The third-order valence-corrected chi connectivity index (χ3v) is 2.43. The highest BCUT2D eigenvalue weighted by molar-refractivity contribution is 5.79. The molecule has 1 rings (SSSR count). The van der Waals surface area contributed by atoms with Crippen molar-refractivity contribution in [1.82, 2.24) is 20.2 Å². The number of imidazole rings is 1. The van der Waals surface area contributed by atoms with Gasteiger partial charge in [-0.25, -0.2) is 9.98 Å². The maximum Gasteiger partial charge on any atom is 0.191 e. The second kappa shape index (κ2) is 7.74. The van der Waals surface area contributed by atoms with E-state index >= 15 is 0 Å². The van der Waals surface area contributed by atoms with Gasteiger partial charge in [0.15, 0.2) is 5.96 Å². The Kier molecular flexibility index (Phi) is 6.25. The zero-order valence-electron chi connectivity index (χ0n) is 11.9. The quantitative estimate of drug-likeness (QED) is 0.596. The van der Waals surface area contributed by atoms with E-state index in [1.807, 2.05) is 12.4 Å². The van der Waals surface area contributed by atoms with Gasteiger partial charge in [0, 0.05) is 32.0 Å². The van der Waals surface area contributed by atoms with Gasteiger partial charge in [0.25, 0.3) is 0 Å². The molecule has 0 fully saturated rings. The van der Waals surface area contributed by atoms with Gasteiger partial charge in [-0.05, 0) is 19.8 Å². The second-order valence-electron chi connectivity index (χ2n) is 4.62. The van der Waals surface area contributed by atoms with Crippen LogP contribution in [0.25, 0.3) is 0 Å². The van der Waals surface area contributed by atoms with Crippen LogP contribution in [0, 0.1) is 5.92 Å². The molecule has 0 saturated carbocycles. The first-order valence-corrected chi connectivity index (χ1v) is 6.69. The van der Waals surface area contributed by atoms with E-state index in [1.165, 1.54) is 0 Å². The zero-order chi connectivity index (χ0) is 13.4. The van der Waals surface area contributed by atoms with Gasteiger partial charge in [-0.2, -0.15) is 0 Å². The molecule has 0 aliphatic carbocycles. The summed E-state index contributed by atoms with van der Waals surface area (Å²) in [5.41, 5.74) is 0. The average Bonchev–Trinajstić information content (AvgIpc) is 2.73. The van der Waals surface area contributed by atoms with Crippen LogP contribution in [-0.2, 0) is 13.1 Å². The van der Waals surface area contributed by atoms with Crippen molar-refractivity contribution in [2.75, 3.05) is 13.1 Å². The van der Waals surface area contributed by atoms with E-state index in [4.69, 9.17) is 0 Å². The normalized spacial score (nSPS) is 10.5. The van der Waals surface area contributed by atoms with Gasteiger partial charge < -0.3 is 15.2 Å². The molecule has 2 N–H and O–H groups in total. The average molecular weight is 251 g/mol. The molecule has 0 spiro atoms. The van der Waals surface area contributed by atoms with Crippen molar-refractivity contribution in [3.05, 3.63) is 18.2 Å². The lowest BCUT2D eigenvalue weighted by Crippen LogP contribution is -2.37. The van der Waals surface area contributed by atoms with Crippen LogP contribution >= 0.6 is 0 Å². The molecule has 1 heterocycles. The van der Waals surface area contributed by atoms with Crippen LogP contribution in [0.4, 0.5) is 0 Å². The van der Waals surface area contributed by atoms with Crippen LogP contribution in [0.1, 0.15) is 33.5 Å². The molecule has 0 saturated heterocycles. The fraction of sp³-hybridized carbons (Fsp3) is 0.692. The van der Waals surface area contributed by atoms with Crippen LogP contribution in [0.2, 0.25) is 0 Å². The number of aliphatic imine (C=N–C) groups is 1. The lowest BCUT2D eigenvalue weighted by Gasteiger charge is -2.11. The minimum Gasteiger partial charge on any atom is -0.357 e. The first-order valence-electron chi connectivity index (χ1n) is 6.69. The molecule has 5 heteroatoms. The first-order chi connectivity index (χ1) is 8.67. The molecule has 102 valence electrons. The van der Waals surface area contributed by atoms with E-state index < -0.39 is 0 Å². The summed E-state index contributed by atoms with van der Waals surface area (Å²) in [5, 5.41) is 6.42. The Morgan fingerprint density at radius 3 is 2.56 bits per heavy atom. The Balaban J connectivity index is 2.65. The number of rotatable bonds is 6. The lowest BCUT2D eigenvalue weighted by atomic mass is 10.2. The molecule has 0 aliphatic heterocycles. The van der Waals surface area contributed by atoms with Crippen LogP contribution in [0.15, 0.2) is 17.4 Å². The summed E-state index contributed by atoms with van der Waals surface area (Å²) >= 11 is 0. The molecule has 0 aliphatic rings. The summed E-state index contributed by atoms with van der Waals surface area (Å²) in [6, 6.07) is 0. The topological polar surface area (TPSA) is 54.2 Å². The predicted molar refractivity (Wildman–Crippen MR) is 75.6 cm³/mol. The Labute approximate surface area is 110 Å². The minimum absolute atomic E-state index is 0.606. The van der Waals surface area contributed by atoms with Crippen molar-refractivity contribution in [1.29, 1.82) is 0 Å². The van der Waals surface area contributed by atoms with Crippen LogP contribution in [-0.4, -0.2) is 28.6 Å². The number of guanidine groups is 1. The number of hydrogen-bond acceptors (Lipinski definition) is 2. The maximum absolute atomic E-state index is 4.52. The highest BCUT2D eigenvalue weighted by Gasteiger charge is 2.04. The predicted octanol–water partition coefficient (Wildman–Crippen LogP) is 1.61. The van der Waals surface area contributed by atoms with Gasteiger partial charge in [-0.15, -0.1) is 0 Å². The Morgan fingerprint density at radius 1 is 1.33 bits per heavy atom. The highest BCUT2D eigenvalue weighted by Crippen LogP contribution is 2.04. The van der Waals surface area contributed by atoms with Crippen molar-refractivity contribution >= 4 is 5.96 Å². The standard InChI is InChI=1S/C13H25N5/c1-5-14-13(15-6-2)17-9-12-16-7-8-18(12)10-11(3)4/h7-8,11H,5-6,9-10H2,1-4H3,(H2,14,15,17). The summed E-state index contributed by atoms with van der Waals surface area (Å²) in [6.07, 6.45) is 3.86.